The van der Waals surface area contributed by atoms with Gasteiger partial charge in [0.2, 0.25) is 5.91 Å². The standard InChI is InChI=1S/C16H14F3N3O3/c17-16(18,19)10-3-1-4-11(7-10)21-15(25)22-13-6-2-5-12(8-13)20-14(24)9-23/h1-8,23H,9H2,(H,20,24)(H2,21,22,25). The molecule has 0 unspecified atom stereocenters. The topological polar surface area (TPSA) is 90.5 Å². The van der Waals surface area contributed by atoms with E-state index in [0.29, 0.717) is 11.4 Å². The molecule has 2 rings (SSSR count). The predicted molar refractivity (Wildman–Crippen MR) is 86.2 cm³/mol. The number of benzene rings is 2. The van der Waals surface area contributed by atoms with Gasteiger partial charge in [-0.15, -0.1) is 0 Å². The summed E-state index contributed by atoms with van der Waals surface area (Å²) < 4.78 is 37.9. The molecule has 132 valence electrons. The van der Waals surface area contributed by atoms with Gasteiger partial charge < -0.3 is 21.1 Å². The molecule has 2 aromatic rings. The molecule has 0 spiro atoms. The smallest absolute Gasteiger partial charge is 0.387 e. The number of rotatable bonds is 4. The second-order valence-electron chi connectivity index (χ2n) is 4.94. The Morgan fingerprint density at radius 2 is 1.40 bits per heavy atom. The van der Waals surface area contributed by atoms with Gasteiger partial charge in [0.05, 0.1) is 5.56 Å². The number of carbonyl (C=O) groups is 2. The fraction of sp³-hybridized carbons (Fsp3) is 0.125. The molecule has 0 heterocycles. The minimum atomic E-state index is -4.51. The van der Waals surface area contributed by atoms with Crippen LogP contribution < -0.4 is 16.0 Å². The molecule has 2 aromatic carbocycles. The summed E-state index contributed by atoms with van der Waals surface area (Å²) in [7, 11) is 0. The monoisotopic (exact) mass is 353 g/mol. The number of aliphatic hydroxyl groups excluding tert-OH is 1. The number of urea groups is 1. The van der Waals surface area contributed by atoms with Crippen LogP contribution in [-0.4, -0.2) is 23.7 Å². The van der Waals surface area contributed by atoms with Gasteiger partial charge in [0.15, 0.2) is 0 Å². The number of aliphatic hydroxyl groups is 1. The summed E-state index contributed by atoms with van der Waals surface area (Å²) in [5, 5.41) is 15.8. The molecule has 0 atom stereocenters. The van der Waals surface area contributed by atoms with Crippen LogP contribution in [0.3, 0.4) is 0 Å². The maximum Gasteiger partial charge on any atom is 0.416 e. The van der Waals surface area contributed by atoms with E-state index in [0.717, 1.165) is 12.1 Å². The van der Waals surface area contributed by atoms with E-state index in [2.05, 4.69) is 16.0 Å². The van der Waals surface area contributed by atoms with Crippen LogP contribution in [0, 0.1) is 0 Å². The van der Waals surface area contributed by atoms with Crippen molar-refractivity contribution >= 4 is 29.0 Å². The van der Waals surface area contributed by atoms with Crippen molar-refractivity contribution in [2.24, 2.45) is 0 Å². The molecular weight excluding hydrogens is 339 g/mol. The van der Waals surface area contributed by atoms with Gasteiger partial charge in [-0.3, -0.25) is 4.79 Å². The van der Waals surface area contributed by atoms with Crippen molar-refractivity contribution < 1.29 is 27.9 Å². The SMILES string of the molecule is O=C(CO)Nc1cccc(NC(=O)Nc2cccc(C(F)(F)F)c2)c1. The lowest BCUT2D eigenvalue weighted by molar-refractivity contribution is -0.137. The van der Waals surface area contributed by atoms with E-state index in [9.17, 15) is 22.8 Å². The fourth-order valence-corrected chi connectivity index (χ4v) is 1.94. The number of hydrogen-bond donors (Lipinski definition) is 4. The predicted octanol–water partition coefficient (Wildman–Crippen LogP) is 3.28. The van der Waals surface area contributed by atoms with Gasteiger partial charge in [-0.2, -0.15) is 13.2 Å². The Morgan fingerprint density at radius 3 is 1.96 bits per heavy atom. The molecule has 3 amide bonds. The van der Waals surface area contributed by atoms with Gasteiger partial charge in [-0.1, -0.05) is 12.1 Å². The third kappa shape index (κ3) is 5.50. The average Bonchev–Trinajstić information content (AvgIpc) is 2.54. The van der Waals surface area contributed by atoms with E-state index in [-0.39, 0.29) is 5.69 Å². The van der Waals surface area contributed by atoms with Gasteiger partial charge in [0.1, 0.15) is 6.61 Å². The molecule has 0 aromatic heterocycles. The molecule has 0 aliphatic heterocycles. The van der Waals surface area contributed by atoms with Crippen molar-refractivity contribution in [2.75, 3.05) is 22.6 Å². The van der Waals surface area contributed by atoms with Gasteiger partial charge in [0.25, 0.3) is 0 Å². The lowest BCUT2D eigenvalue weighted by atomic mass is 10.2. The first-order valence-electron chi connectivity index (χ1n) is 7.04. The number of alkyl halides is 3. The zero-order chi connectivity index (χ0) is 18.4. The quantitative estimate of drug-likeness (QED) is 0.680. The van der Waals surface area contributed by atoms with E-state index < -0.39 is 30.3 Å². The summed E-state index contributed by atoms with van der Waals surface area (Å²) >= 11 is 0. The number of anilines is 3. The normalized spacial score (nSPS) is 10.9. The fourth-order valence-electron chi connectivity index (χ4n) is 1.94. The molecule has 0 aliphatic rings. The van der Waals surface area contributed by atoms with Crippen LogP contribution in [0.5, 0.6) is 0 Å². The summed E-state index contributed by atoms with van der Waals surface area (Å²) in [5.41, 5.74) is -0.243. The Balaban J connectivity index is 2.03. The van der Waals surface area contributed by atoms with Crippen molar-refractivity contribution in [3.05, 3.63) is 54.1 Å². The Labute approximate surface area is 140 Å². The Bertz CT molecular complexity index is 778. The van der Waals surface area contributed by atoms with Crippen LogP contribution in [0.15, 0.2) is 48.5 Å². The maximum atomic E-state index is 12.6. The first-order chi connectivity index (χ1) is 11.8. The molecule has 25 heavy (non-hydrogen) atoms. The van der Waals surface area contributed by atoms with Crippen molar-refractivity contribution in [1.82, 2.24) is 0 Å². The molecule has 0 saturated heterocycles. The summed E-state index contributed by atoms with van der Waals surface area (Å²) in [6.45, 7) is -0.687. The summed E-state index contributed by atoms with van der Waals surface area (Å²) in [6, 6.07) is 9.53. The summed E-state index contributed by atoms with van der Waals surface area (Å²) in [5.74, 6) is -0.620. The number of amides is 3. The largest absolute Gasteiger partial charge is 0.416 e. The van der Waals surface area contributed by atoms with Crippen LogP contribution in [0.4, 0.5) is 35.0 Å². The van der Waals surface area contributed by atoms with Gasteiger partial charge in [-0.05, 0) is 36.4 Å². The molecule has 0 radical (unpaired) electrons. The number of nitrogens with one attached hydrogen (secondary N) is 3. The highest BCUT2D eigenvalue weighted by atomic mass is 19.4. The van der Waals surface area contributed by atoms with Crippen LogP contribution in [-0.2, 0) is 11.0 Å². The molecule has 0 aliphatic carbocycles. The van der Waals surface area contributed by atoms with E-state index in [1.807, 2.05) is 0 Å². The first kappa shape index (κ1) is 18.3. The van der Waals surface area contributed by atoms with E-state index in [4.69, 9.17) is 5.11 Å². The van der Waals surface area contributed by atoms with Crippen LogP contribution in [0.1, 0.15) is 5.56 Å². The highest BCUT2D eigenvalue weighted by molar-refractivity contribution is 6.00. The Morgan fingerprint density at radius 1 is 0.880 bits per heavy atom. The molecular formula is C16H14F3N3O3. The molecule has 6 nitrogen and oxygen atoms in total. The first-order valence-corrected chi connectivity index (χ1v) is 7.04. The second-order valence-corrected chi connectivity index (χ2v) is 4.94. The maximum absolute atomic E-state index is 12.6. The number of hydrogen-bond acceptors (Lipinski definition) is 3. The van der Waals surface area contributed by atoms with Gasteiger partial charge in [0, 0.05) is 17.1 Å². The van der Waals surface area contributed by atoms with Crippen LogP contribution in [0.2, 0.25) is 0 Å². The van der Waals surface area contributed by atoms with Crippen LogP contribution >= 0.6 is 0 Å². The third-order valence-corrected chi connectivity index (χ3v) is 3.00. The second kappa shape index (κ2) is 7.67. The van der Waals surface area contributed by atoms with Crippen molar-refractivity contribution in [1.29, 1.82) is 0 Å². The van der Waals surface area contributed by atoms with Gasteiger partial charge >= 0.3 is 12.2 Å². The van der Waals surface area contributed by atoms with Crippen molar-refractivity contribution in [3.8, 4) is 0 Å². The molecule has 0 saturated carbocycles. The number of halogens is 3. The molecule has 9 heteroatoms. The van der Waals surface area contributed by atoms with E-state index in [1.54, 1.807) is 12.1 Å². The lowest BCUT2D eigenvalue weighted by Crippen LogP contribution is -2.20. The Hall–Kier alpha value is -3.07. The number of carbonyl (C=O) groups excluding carboxylic acids is 2. The zero-order valence-corrected chi connectivity index (χ0v) is 12.7. The van der Waals surface area contributed by atoms with E-state index >= 15 is 0 Å². The lowest BCUT2D eigenvalue weighted by Gasteiger charge is -2.11. The van der Waals surface area contributed by atoms with E-state index in [1.165, 1.54) is 24.3 Å². The third-order valence-electron chi connectivity index (χ3n) is 3.00. The molecule has 4 N–H and O–H groups in total. The minimum Gasteiger partial charge on any atom is -0.387 e. The minimum absolute atomic E-state index is 0.0166. The average molecular weight is 353 g/mol. The highest BCUT2D eigenvalue weighted by Crippen LogP contribution is 2.30. The van der Waals surface area contributed by atoms with Crippen molar-refractivity contribution in [2.45, 2.75) is 6.18 Å². The summed E-state index contributed by atoms with van der Waals surface area (Å²) in [4.78, 5) is 23.0. The molecule has 0 bridgehead atoms. The zero-order valence-electron chi connectivity index (χ0n) is 12.7. The Kier molecular flexibility index (Phi) is 5.60. The van der Waals surface area contributed by atoms with Crippen LogP contribution in [0.25, 0.3) is 0 Å². The van der Waals surface area contributed by atoms with Gasteiger partial charge in [-0.25, -0.2) is 4.79 Å². The summed E-state index contributed by atoms with van der Waals surface area (Å²) in [6.07, 6.45) is -4.51. The van der Waals surface area contributed by atoms with Crippen molar-refractivity contribution in [3.63, 3.8) is 0 Å². The highest BCUT2D eigenvalue weighted by Gasteiger charge is 2.30. The molecule has 0 fully saturated rings.